The summed E-state index contributed by atoms with van der Waals surface area (Å²) >= 11 is 0. The second-order valence-corrected chi connectivity index (χ2v) is 5.29. The molecule has 0 spiro atoms. The van der Waals surface area contributed by atoms with Crippen molar-refractivity contribution in [2.24, 2.45) is 0 Å². The fourth-order valence-electron chi connectivity index (χ4n) is 2.59. The van der Waals surface area contributed by atoms with Crippen LogP contribution >= 0.6 is 0 Å². The van der Waals surface area contributed by atoms with Crippen LogP contribution in [0.3, 0.4) is 0 Å². The van der Waals surface area contributed by atoms with Crippen LogP contribution in [0.5, 0.6) is 0 Å². The average Bonchev–Trinajstić information content (AvgIpc) is 2.61. The van der Waals surface area contributed by atoms with Gasteiger partial charge in [-0.3, -0.25) is 14.8 Å². The third-order valence-electron chi connectivity index (χ3n) is 3.86. The van der Waals surface area contributed by atoms with Crippen molar-refractivity contribution in [2.45, 2.75) is 12.8 Å². The minimum Gasteiger partial charge on any atom is -0.352 e. The van der Waals surface area contributed by atoms with E-state index in [1.165, 1.54) is 0 Å². The molecule has 1 aliphatic rings. The van der Waals surface area contributed by atoms with E-state index in [2.05, 4.69) is 19.9 Å². The Morgan fingerprint density at radius 1 is 1.05 bits per heavy atom. The molecule has 0 aliphatic carbocycles. The molecule has 6 nitrogen and oxygen atoms in total. The molecule has 0 unspecified atom stereocenters. The molecule has 1 aliphatic heterocycles. The quantitative estimate of drug-likeness (QED) is 0.847. The predicted molar refractivity (Wildman–Crippen MR) is 83.4 cm³/mol. The lowest BCUT2D eigenvalue weighted by molar-refractivity contribution is -0.131. The third kappa shape index (κ3) is 3.58. The molecule has 6 heteroatoms. The van der Waals surface area contributed by atoms with Crippen LogP contribution in [-0.2, 0) is 11.2 Å². The molecular weight excluding hydrogens is 278 g/mol. The van der Waals surface area contributed by atoms with Crippen LogP contribution < -0.4 is 4.90 Å². The second-order valence-electron chi connectivity index (χ2n) is 5.29. The number of piperazine rings is 1. The monoisotopic (exact) mass is 297 g/mol. The molecule has 0 aromatic carbocycles. The first-order chi connectivity index (χ1) is 10.8. The van der Waals surface area contributed by atoms with Gasteiger partial charge in [0.1, 0.15) is 5.82 Å². The maximum absolute atomic E-state index is 12.3. The van der Waals surface area contributed by atoms with Crippen LogP contribution in [0, 0.1) is 0 Å². The van der Waals surface area contributed by atoms with E-state index < -0.39 is 0 Å². The molecule has 1 amide bonds. The van der Waals surface area contributed by atoms with Crippen molar-refractivity contribution >= 4 is 11.7 Å². The zero-order valence-electron chi connectivity index (χ0n) is 12.4. The zero-order chi connectivity index (χ0) is 15.2. The number of aryl methyl sites for hydroxylation is 1. The first-order valence-electron chi connectivity index (χ1n) is 7.50. The largest absolute Gasteiger partial charge is 0.352 e. The van der Waals surface area contributed by atoms with Crippen molar-refractivity contribution < 1.29 is 4.79 Å². The van der Waals surface area contributed by atoms with Crippen molar-refractivity contribution in [3.63, 3.8) is 0 Å². The number of pyridine rings is 1. The van der Waals surface area contributed by atoms with E-state index in [4.69, 9.17) is 0 Å². The number of anilines is 1. The highest BCUT2D eigenvalue weighted by Crippen LogP contribution is 2.12. The second kappa shape index (κ2) is 6.98. The lowest BCUT2D eigenvalue weighted by Crippen LogP contribution is -2.49. The van der Waals surface area contributed by atoms with Gasteiger partial charge in [-0.1, -0.05) is 6.07 Å². The summed E-state index contributed by atoms with van der Waals surface area (Å²) in [5.41, 5.74) is 1.11. The van der Waals surface area contributed by atoms with Crippen molar-refractivity contribution in [3.05, 3.63) is 48.7 Å². The van der Waals surface area contributed by atoms with Crippen LogP contribution in [0.1, 0.15) is 12.0 Å². The lowest BCUT2D eigenvalue weighted by atomic mass is 10.1. The van der Waals surface area contributed by atoms with Gasteiger partial charge in [-0.15, -0.1) is 0 Å². The van der Waals surface area contributed by atoms with Crippen LogP contribution in [0.2, 0.25) is 0 Å². The highest BCUT2D eigenvalue weighted by Gasteiger charge is 2.21. The number of nitrogens with zero attached hydrogens (tertiary/aromatic N) is 5. The molecule has 0 saturated carbocycles. The number of hydrogen-bond acceptors (Lipinski definition) is 5. The summed E-state index contributed by atoms with van der Waals surface area (Å²) in [4.78, 5) is 28.8. The van der Waals surface area contributed by atoms with Gasteiger partial charge in [-0.25, -0.2) is 4.98 Å². The standard InChI is InChI=1S/C16H19N5O/c22-16(4-3-14-2-1-5-17-12-14)21-10-8-20(9-11-21)15-13-18-6-7-19-15/h1-2,5-7,12-13H,3-4,8-11H2. The molecule has 2 aromatic heterocycles. The molecule has 1 saturated heterocycles. The van der Waals surface area contributed by atoms with Gasteiger partial charge in [0.15, 0.2) is 0 Å². The molecule has 3 rings (SSSR count). The zero-order valence-corrected chi connectivity index (χ0v) is 12.4. The Kier molecular flexibility index (Phi) is 4.58. The van der Waals surface area contributed by atoms with E-state index in [0.29, 0.717) is 6.42 Å². The molecule has 2 aromatic rings. The molecule has 0 radical (unpaired) electrons. The predicted octanol–water partition coefficient (Wildman–Crippen LogP) is 1.15. The maximum Gasteiger partial charge on any atom is 0.223 e. The SMILES string of the molecule is O=C(CCc1cccnc1)N1CCN(c2cnccn2)CC1. The third-order valence-corrected chi connectivity index (χ3v) is 3.86. The molecule has 0 atom stereocenters. The summed E-state index contributed by atoms with van der Waals surface area (Å²) in [5, 5.41) is 0. The molecule has 3 heterocycles. The van der Waals surface area contributed by atoms with Crippen molar-refractivity contribution in [1.82, 2.24) is 19.9 Å². The van der Waals surface area contributed by atoms with Crippen LogP contribution in [-0.4, -0.2) is 51.9 Å². The average molecular weight is 297 g/mol. The lowest BCUT2D eigenvalue weighted by Gasteiger charge is -2.35. The van der Waals surface area contributed by atoms with E-state index >= 15 is 0 Å². The van der Waals surface area contributed by atoms with E-state index in [0.717, 1.165) is 44.0 Å². The summed E-state index contributed by atoms with van der Waals surface area (Å²) in [6.07, 6.45) is 9.98. The van der Waals surface area contributed by atoms with Gasteiger partial charge in [-0.2, -0.15) is 0 Å². The maximum atomic E-state index is 12.3. The number of rotatable bonds is 4. The van der Waals surface area contributed by atoms with Crippen molar-refractivity contribution in [3.8, 4) is 0 Å². The Morgan fingerprint density at radius 3 is 2.55 bits per heavy atom. The minimum atomic E-state index is 0.211. The van der Waals surface area contributed by atoms with Gasteiger partial charge in [0, 0.05) is 57.4 Å². The van der Waals surface area contributed by atoms with Gasteiger partial charge in [0.05, 0.1) is 6.20 Å². The fourth-order valence-corrected chi connectivity index (χ4v) is 2.59. The fraction of sp³-hybridized carbons (Fsp3) is 0.375. The smallest absolute Gasteiger partial charge is 0.223 e. The van der Waals surface area contributed by atoms with E-state index in [1.54, 1.807) is 24.8 Å². The van der Waals surface area contributed by atoms with Crippen LogP contribution in [0.15, 0.2) is 43.1 Å². The molecular formula is C16H19N5O. The molecule has 114 valence electrons. The Labute approximate surface area is 129 Å². The van der Waals surface area contributed by atoms with Crippen molar-refractivity contribution in [2.75, 3.05) is 31.1 Å². The molecule has 0 N–H and O–H groups in total. The minimum absolute atomic E-state index is 0.211. The number of amides is 1. The van der Waals surface area contributed by atoms with Crippen LogP contribution in [0.4, 0.5) is 5.82 Å². The number of carbonyl (C=O) groups excluding carboxylic acids is 1. The summed E-state index contributed by atoms with van der Waals surface area (Å²) in [6, 6.07) is 3.91. The van der Waals surface area contributed by atoms with Gasteiger partial charge in [0.25, 0.3) is 0 Å². The normalized spacial score (nSPS) is 14.9. The van der Waals surface area contributed by atoms with E-state index in [9.17, 15) is 4.79 Å². The number of aromatic nitrogens is 3. The summed E-state index contributed by atoms with van der Waals surface area (Å²) in [7, 11) is 0. The van der Waals surface area contributed by atoms with E-state index in [-0.39, 0.29) is 5.91 Å². The van der Waals surface area contributed by atoms with Gasteiger partial charge in [0.2, 0.25) is 5.91 Å². The summed E-state index contributed by atoms with van der Waals surface area (Å²) < 4.78 is 0. The summed E-state index contributed by atoms with van der Waals surface area (Å²) in [6.45, 7) is 3.08. The van der Waals surface area contributed by atoms with Crippen LogP contribution in [0.25, 0.3) is 0 Å². The Morgan fingerprint density at radius 2 is 1.86 bits per heavy atom. The molecule has 0 bridgehead atoms. The van der Waals surface area contributed by atoms with Gasteiger partial charge < -0.3 is 9.80 Å². The van der Waals surface area contributed by atoms with Gasteiger partial charge >= 0.3 is 0 Å². The highest BCUT2D eigenvalue weighted by molar-refractivity contribution is 5.76. The highest BCUT2D eigenvalue weighted by atomic mass is 16.2. The van der Waals surface area contributed by atoms with Crippen molar-refractivity contribution in [1.29, 1.82) is 0 Å². The van der Waals surface area contributed by atoms with Gasteiger partial charge in [-0.05, 0) is 18.1 Å². The first-order valence-corrected chi connectivity index (χ1v) is 7.50. The molecule has 22 heavy (non-hydrogen) atoms. The Hall–Kier alpha value is -2.50. The number of carbonyl (C=O) groups is 1. The molecule has 1 fully saturated rings. The Balaban J connectivity index is 1.48. The number of hydrogen-bond donors (Lipinski definition) is 0. The first kappa shape index (κ1) is 14.4. The summed E-state index contributed by atoms with van der Waals surface area (Å²) in [5.74, 6) is 1.09. The topological polar surface area (TPSA) is 62.2 Å². The Bertz CT molecular complexity index is 596. The van der Waals surface area contributed by atoms with E-state index in [1.807, 2.05) is 23.2 Å².